The van der Waals surface area contributed by atoms with Crippen molar-refractivity contribution in [3.8, 4) is 17.2 Å². The number of methoxy groups -OCH3 is 1. The predicted octanol–water partition coefficient (Wildman–Crippen LogP) is 6.30. The van der Waals surface area contributed by atoms with Gasteiger partial charge >= 0.3 is 12.0 Å². The number of aliphatic hydroxyl groups excluding tert-OH is 1. The van der Waals surface area contributed by atoms with Gasteiger partial charge in [-0.25, -0.2) is 9.59 Å². The van der Waals surface area contributed by atoms with Crippen molar-refractivity contribution in [3.63, 3.8) is 0 Å². The summed E-state index contributed by atoms with van der Waals surface area (Å²) in [4.78, 5) is 24.7. The van der Waals surface area contributed by atoms with Crippen molar-refractivity contribution in [1.29, 1.82) is 0 Å². The molecular weight excluding hydrogens is 865 g/mol. The van der Waals surface area contributed by atoms with Crippen molar-refractivity contribution in [1.82, 2.24) is 16.1 Å². The molecule has 0 saturated heterocycles. The average Bonchev–Trinajstić information content (AvgIpc) is 3.01. The molecule has 1 aliphatic heterocycles. The molecule has 11 nitrogen and oxygen atoms in total. The summed E-state index contributed by atoms with van der Waals surface area (Å²) >= 11 is 16.6. The van der Waals surface area contributed by atoms with Crippen LogP contribution in [0.4, 0.5) is 4.79 Å². The molecule has 0 aromatic heterocycles. The number of hydrogen-bond acceptors (Lipinski definition) is 9. The Morgan fingerprint density at radius 3 is 2.59 bits per heavy atom. The number of ether oxygens (including phenoxy) is 4. The number of urea groups is 1. The van der Waals surface area contributed by atoms with E-state index in [9.17, 15) is 14.7 Å². The maximum atomic E-state index is 12.5. The maximum absolute atomic E-state index is 12.5. The smallest absolute Gasteiger partial charge is 0.337 e. The molecule has 0 unspecified atom stereocenters. The first-order valence-electron chi connectivity index (χ1n) is 13.8. The molecule has 3 aromatic carbocycles. The topological polar surface area (TPSA) is 140 Å². The molecule has 1 aliphatic rings. The first-order chi connectivity index (χ1) is 22.0. The standard InChI is InChI=1S/C31H30Cl2I2N4O7/c1-4-44-25-11-18(28-27(30(41)43-3)16(2)37-31(42)38-28)6-8-24(25)45-15-26(40)39-36-13-19-10-20(34)12-23(35)29(19)46-14-17-5-7-21(32)22(33)9-17/h5-13,26,28,39-40H,4,14-15H2,1-3H3,(H2,37,38,42)/b36-13+/t26-,28-/m0/s1. The molecule has 0 radical (unpaired) electrons. The Labute approximate surface area is 303 Å². The summed E-state index contributed by atoms with van der Waals surface area (Å²) in [6, 6.07) is 13.0. The van der Waals surface area contributed by atoms with Crippen LogP contribution >= 0.6 is 68.4 Å². The number of halogens is 4. The van der Waals surface area contributed by atoms with Crippen LogP contribution in [0.5, 0.6) is 17.2 Å². The lowest BCUT2D eigenvalue weighted by Crippen LogP contribution is -2.45. The quantitative estimate of drug-likeness (QED) is 0.0516. The number of rotatable bonds is 13. The van der Waals surface area contributed by atoms with E-state index in [0.29, 0.717) is 50.7 Å². The van der Waals surface area contributed by atoms with E-state index in [4.69, 9.17) is 42.1 Å². The van der Waals surface area contributed by atoms with Crippen molar-refractivity contribution in [2.45, 2.75) is 32.7 Å². The lowest BCUT2D eigenvalue weighted by atomic mass is 9.95. The first kappa shape index (κ1) is 35.9. The Bertz CT molecular complexity index is 1670. The molecule has 0 fully saturated rings. The number of nitrogens with one attached hydrogen (secondary N) is 3. The fraction of sp³-hybridized carbons (Fsp3) is 0.258. The normalized spacial score (nSPS) is 15.2. The van der Waals surface area contributed by atoms with Crippen LogP contribution in [0.1, 0.15) is 36.6 Å². The van der Waals surface area contributed by atoms with E-state index < -0.39 is 24.3 Å². The number of allylic oxidation sites excluding steroid dienone is 1. The Balaban J connectivity index is 1.43. The summed E-state index contributed by atoms with van der Waals surface area (Å²) in [6.45, 7) is 3.86. The van der Waals surface area contributed by atoms with Crippen molar-refractivity contribution in [2.24, 2.45) is 5.10 Å². The highest BCUT2D eigenvalue weighted by atomic mass is 127. The minimum absolute atomic E-state index is 0.169. The average molecular weight is 895 g/mol. The minimum Gasteiger partial charge on any atom is -0.490 e. The molecule has 0 spiro atoms. The van der Waals surface area contributed by atoms with Crippen LogP contribution in [-0.2, 0) is 16.1 Å². The summed E-state index contributed by atoms with van der Waals surface area (Å²) in [7, 11) is 1.27. The lowest BCUT2D eigenvalue weighted by Gasteiger charge is -2.28. The van der Waals surface area contributed by atoms with Crippen molar-refractivity contribution < 1.29 is 33.6 Å². The maximum Gasteiger partial charge on any atom is 0.337 e. The van der Waals surface area contributed by atoms with Gasteiger partial charge in [-0.1, -0.05) is 35.3 Å². The van der Waals surface area contributed by atoms with E-state index in [1.165, 1.54) is 7.11 Å². The Morgan fingerprint density at radius 1 is 1.09 bits per heavy atom. The minimum atomic E-state index is -1.17. The van der Waals surface area contributed by atoms with Gasteiger partial charge < -0.3 is 34.7 Å². The van der Waals surface area contributed by atoms with Gasteiger partial charge in [0.05, 0.1) is 45.2 Å². The van der Waals surface area contributed by atoms with Gasteiger partial charge in [-0.15, -0.1) is 0 Å². The zero-order valence-electron chi connectivity index (χ0n) is 24.8. The van der Waals surface area contributed by atoms with E-state index in [0.717, 1.165) is 12.7 Å². The third kappa shape index (κ3) is 9.30. The van der Waals surface area contributed by atoms with Gasteiger partial charge in [0.1, 0.15) is 19.0 Å². The van der Waals surface area contributed by atoms with Crippen LogP contribution < -0.4 is 30.3 Å². The Hall–Kier alpha value is -2.99. The van der Waals surface area contributed by atoms with Crippen LogP contribution in [-0.4, -0.2) is 49.9 Å². The summed E-state index contributed by atoms with van der Waals surface area (Å²) in [5, 5.41) is 21.0. The van der Waals surface area contributed by atoms with Crippen molar-refractivity contribution in [3.05, 3.63) is 93.7 Å². The fourth-order valence-electron chi connectivity index (χ4n) is 4.43. The highest BCUT2D eigenvalue weighted by molar-refractivity contribution is 14.1. The second kappa shape index (κ2) is 16.7. The van der Waals surface area contributed by atoms with Gasteiger partial charge in [0.25, 0.3) is 0 Å². The molecule has 4 N–H and O–H groups in total. The molecule has 3 aromatic rings. The van der Waals surface area contributed by atoms with Crippen molar-refractivity contribution in [2.75, 3.05) is 20.3 Å². The van der Waals surface area contributed by atoms with Gasteiger partial charge in [0.15, 0.2) is 17.7 Å². The number of carbonyl (C=O) groups excluding carboxylic acids is 2. The molecule has 0 saturated carbocycles. The molecule has 1 heterocycles. The molecule has 15 heteroatoms. The Morgan fingerprint density at radius 2 is 1.87 bits per heavy atom. The molecule has 244 valence electrons. The van der Waals surface area contributed by atoms with Gasteiger partial charge in [0, 0.05) is 14.8 Å². The third-order valence-corrected chi connectivity index (χ3v) is 8.67. The summed E-state index contributed by atoms with van der Waals surface area (Å²) < 4.78 is 24.5. The largest absolute Gasteiger partial charge is 0.490 e. The summed E-state index contributed by atoms with van der Waals surface area (Å²) in [6.07, 6.45) is 0.382. The molecule has 0 aliphatic carbocycles. The third-order valence-electron chi connectivity index (χ3n) is 6.50. The van der Waals surface area contributed by atoms with Crippen LogP contribution in [0.3, 0.4) is 0 Å². The predicted molar refractivity (Wildman–Crippen MR) is 192 cm³/mol. The van der Waals surface area contributed by atoms with Crippen LogP contribution in [0.15, 0.2) is 64.9 Å². The molecular formula is C31H30Cl2I2N4O7. The van der Waals surface area contributed by atoms with E-state index in [1.807, 2.05) is 25.1 Å². The second-order valence-electron chi connectivity index (χ2n) is 9.76. The van der Waals surface area contributed by atoms with E-state index >= 15 is 0 Å². The number of carbonyl (C=O) groups is 2. The number of hydrogen-bond donors (Lipinski definition) is 4. The van der Waals surface area contributed by atoms with Crippen LogP contribution in [0.2, 0.25) is 10.0 Å². The van der Waals surface area contributed by atoms with Crippen molar-refractivity contribution >= 4 is 86.6 Å². The lowest BCUT2D eigenvalue weighted by molar-refractivity contribution is -0.136. The van der Waals surface area contributed by atoms with Crippen LogP contribution in [0.25, 0.3) is 0 Å². The number of aliphatic hydroxyl groups is 1. The zero-order valence-corrected chi connectivity index (χ0v) is 30.7. The van der Waals surface area contributed by atoms with E-state index in [-0.39, 0.29) is 18.8 Å². The fourth-order valence-corrected chi connectivity index (χ4v) is 6.79. The number of esters is 1. The molecule has 46 heavy (non-hydrogen) atoms. The SMILES string of the molecule is CCOc1cc([C@@H]2NC(=O)NC(C)=C2C(=O)OC)ccc1OC[C@H](O)N/N=C/c1cc(I)cc(I)c1OCc1ccc(Cl)c(Cl)c1. The molecule has 2 amide bonds. The molecule has 4 rings (SSSR count). The summed E-state index contributed by atoms with van der Waals surface area (Å²) in [5.41, 5.74) is 5.45. The number of amides is 2. The highest BCUT2D eigenvalue weighted by Gasteiger charge is 2.32. The van der Waals surface area contributed by atoms with Gasteiger partial charge in [-0.3, -0.25) is 5.43 Å². The number of nitrogens with zero attached hydrogens (tertiary/aromatic N) is 1. The second-order valence-corrected chi connectivity index (χ2v) is 13.0. The van der Waals surface area contributed by atoms with Gasteiger partial charge in [0.2, 0.25) is 0 Å². The monoisotopic (exact) mass is 894 g/mol. The highest BCUT2D eigenvalue weighted by Crippen LogP contribution is 2.35. The summed E-state index contributed by atoms with van der Waals surface area (Å²) in [5.74, 6) is 0.756. The molecule has 0 bridgehead atoms. The van der Waals surface area contributed by atoms with E-state index in [2.05, 4.69) is 66.3 Å². The van der Waals surface area contributed by atoms with E-state index in [1.54, 1.807) is 43.5 Å². The number of hydrazone groups is 1. The molecule has 2 atom stereocenters. The zero-order chi connectivity index (χ0) is 33.4. The van der Waals surface area contributed by atoms with Gasteiger partial charge in [-0.05, 0) is 107 Å². The van der Waals surface area contributed by atoms with Crippen LogP contribution in [0, 0.1) is 7.14 Å². The Kier molecular flexibility index (Phi) is 13.0. The van der Waals surface area contributed by atoms with Gasteiger partial charge in [-0.2, -0.15) is 5.10 Å². The first-order valence-corrected chi connectivity index (χ1v) is 16.7. The number of benzene rings is 3.